The lowest BCUT2D eigenvalue weighted by Gasteiger charge is -2.58. The van der Waals surface area contributed by atoms with Gasteiger partial charge in [-0.05, 0) is 56.8 Å². The first-order valence-electron chi connectivity index (χ1n) is 11.4. The van der Waals surface area contributed by atoms with Gasteiger partial charge < -0.3 is 25.2 Å². The first-order valence-corrected chi connectivity index (χ1v) is 11.4. The number of aliphatic hydroxyl groups is 1. The standard InChI is InChI=1S/C22H30N6O3/c1-12-4-18(28-27-12)23-17-7-19(31-16-2-3-30-11-16)25-21(24-17)26-20-14-5-13-6-15(20)10-22(29,8-13)9-14/h4,7,13-16,20,29H,2-3,5-6,8-11H2,1H3,(H3,23,24,25,26,27,28)/t13?,14?,15?,16-,20?,22?/m1/s1. The monoisotopic (exact) mass is 426 g/mol. The Morgan fingerprint density at radius 2 is 2.00 bits per heavy atom. The highest BCUT2D eigenvalue weighted by Crippen LogP contribution is 2.56. The van der Waals surface area contributed by atoms with E-state index in [1.54, 1.807) is 0 Å². The average Bonchev–Trinajstić information content (AvgIpc) is 3.35. The van der Waals surface area contributed by atoms with Crippen LogP contribution in [-0.2, 0) is 4.74 Å². The van der Waals surface area contributed by atoms with E-state index in [4.69, 9.17) is 14.5 Å². The van der Waals surface area contributed by atoms with Gasteiger partial charge in [-0.1, -0.05) is 0 Å². The first-order chi connectivity index (χ1) is 15.0. The Hall–Kier alpha value is -2.39. The lowest BCUT2D eigenvalue weighted by Crippen LogP contribution is -2.59. The van der Waals surface area contributed by atoms with Crippen LogP contribution in [0.15, 0.2) is 12.1 Å². The van der Waals surface area contributed by atoms with E-state index < -0.39 is 5.60 Å². The number of anilines is 3. The molecule has 2 unspecified atom stereocenters. The number of aromatic amines is 1. The second-order valence-corrected chi connectivity index (χ2v) is 9.94. The van der Waals surface area contributed by atoms with Crippen molar-refractivity contribution in [3.05, 3.63) is 17.8 Å². The molecule has 7 rings (SSSR count). The molecule has 31 heavy (non-hydrogen) atoms. The molecule has 166 valence electrons. The summed E-state index contributed by atoms with van der Waals surface area (Å²) in [5.74, 6) is 4.05. The molecular formula is C22H30N6O3. The number of aryl methyl sites for hydroxylation is 1. The minimum absolute atomic E-state index is 0.0126. The van der Waals surface area contributed by atoms with Crippen molar-refractivity contribution < 1.29 is 14.6 Å². The molecule has 3 heterocycles. The SMILES string of the molecule is Cc1cc(Nc2cc(O[C@@H]3CCOC3)nc(NC3C4CC5CC3CC(O)(C5)C4)n2)n[nH]1. The molecule has 2 aromatic heterocycles. The summed E-state index contributed by atoms with van der Waals surface area (Å²) in [5.41, 5.74) is 0.522. The second-order valence-electron chi connectivity index (χ2n) is 9.94. The number of ether oxygens (including phenoxy) is 2. The van der Waals surface area contributed by atoms with E-state index in [0.29, 0.717) is 60.5 Å². The summed E-state index contributed by atoms with van der Waals surface area (Å²) in [6.45, 7) is 3.26. The van der Waals surface area contributed by atoms with Gasteiger partial charge >= 0.3 is 0 Å². The molecule has 1 saturated heterocycles. The Morgan fingerprint density at radius 3 is 2.68 bits per heavy atom. The van der Waals surface area contributed by atoms with Crippen LogP contribution < -0.4 is 15.4 Å². The maximum atomic E-state index is 10.9. The molecule has 4 bridgehead atoms. The van der Waals surface area contributed by atoms with E-state index in [1.165, 1.54) is 12.8 Å². The maximum absolute atomic E-state index is 10.9. The van der Waals surface area contributed by atoms with Gasteiger partial charge in [-0.3, -0.25) is 5.10 Å². The van der Waals surface area contributed by atoms with Crippen LogP contribution in [0.5, 0.6) is 5.88 Å². The normalized spacial score (nSPS) is 36.0. The van der Waals surface area contributed by atoms with Crippen LogP contribution in [0.4, 0.5) is 17.6 Å². The highest BCUT2D eigenvalue weighted by atomic mass is 16.5. The molecule has 4 N–H and O–H groups in total. The molecule has 1 aliphatic heterocycles. The van der Waals surface area contributed by atoms with E-state index in [2.05, 4.69) is 25.8 Å². The van der Waals surface area contributed by atoms with Gasteiger partial charge in [0.05, 0.1) is 18.8 Å². The van der Waals surface area contributed by atoms with Crippen LogP contribution in [0, 0.1) is 24.7 Å². The molecule has 0 spiro atoms. The van der Waals surface area contributed by atoms with Gasteiger partial charge in [-0.2, -0.15) is 15.1 Å². The summed E-state index contributed by atoms with van der Waals surface area (Å²) in [6.07, 6.45) is 5.98. The number of rotatable bonds is 6. The molecule has 4 saturated carbocycles. The lowest BCUT2D eigenvalue weighted by atomic mass is 9.52. The van der Waals surface area contributed by atoms with Crippen LogP contribution >= 0.6 is 0 Å². The average molecular weight is 427 g/mol. The van der Waals surface area contributed by atoms with Crippen molar-refractivity contribution in [2.24, 2.45) is 17.8 Å². The Balaban J connectivity index is 1.25. The molecule has 2 aromatic rings. The third-order valence-corrected chi connectivity index (χ3v) is 7.38. The van der Waals surface area contributed by atoms with Gasteiger partial charge in [-0.25, -0.2) is 0 Å². The predicted molar refractivity (Wildman–Crippen MR) is 114 cm³/mol. The van der Waals surface area contributed by atoms with E-state index in [9.17, 15) is 5.11 Å². The summed E-state index contributed by atoms with van der Waals surface area (Å²) < 4.78 is 11.5. The molecule has 0 radical (unpaired) electrons. The third kappa shape index (κ3) is 3.85. The summed E-state index contributed by atoms with van der Waals surface area (Å²) in [5, 5.41) is 25.0. The number of H-pyrrole nitrogens is 1. The van der Waals surface area contributed by atoms with E-state index in [-0.39, 0.29) is 6.10 Å². The Kier molecular flexibility index (Phi) is 4.57. The fourth-order valence-electron chi connectivity index (χ4n) is 6.37. The van der Waals surface area contributed by atoms with Gasteiger partial charge in [0.25, 0.3) is 0 Å². The summed E-state index contributed by atoms with van der Waals surface area (Å²) in [6, 6.07) is 4.04. The molecular weight excluding hydrogens is 396 g/mol. The van der Waals surface area contributed by atoms with Gasteiger partial charge in [0, 0.05) is 30.3 Å². The molecule has 5 fully saturated rings. The van der Waals surface area contributed by atoms with Crippen molar-refractivity contribution in [2.75, 3.05) is 23.8 Å². The first kappa shape index (κ1) is 19.3. The number of aromatic nitrogens is 4. The van der Waals surface area contributed by atoms with Gasteiger partial charge in [0.2, 0.25) is 11.8 Å². The fourth-order valence-corrected chi connectivity index (χ4v) is 6.37. The van der Waals surface area contributed by atoms with Crippen molar-refractivity contribution in [3.63, 3.8) is 0 Å². The Bertz CT molecular complexity index is 942. The lowest BCUT2D eigenvalue weighted by molar-refractivity contribution is -0.129. The maximum Gasteiger partial charge on any atom is 0.228 e. The molecule has 4 aliphatic carbocycles. The zero-order valence-electron chi connectivity index (χ0n) is 17.8. The van der Waals surface area contributed by atoms with Crippen LogP contribution in [0.1, 0.15) is 44.2 Å². The molecule has 9 heteroatoms. The zero-order valence-corrected chi connectivity index (χ0v) is 17.8. The summed E-state index contributed by atoms with van der Waals surface area (Å²) in [4.78, 5) is 9.40. The van der Waals surface area contributed by atoms with Gasteiger partial charge in [0.15, 0.2) is 5.82 Å². The molecule has 9 nitrogen and oxygen atoms in total. The second kappa shape index (κ2) is 7.34. The largest absolute Gasteiger partial charge is 0.472 e. The number of hydrogen-bond donors (Lipinski definition) is 4. The highest BCUT2D eigenvalue weighted by Gasteiger charge is 2.54. The Labute approximate surface area is 181 Å². The van der Waals surface area contributed by atoms with E-state index in [1.807, 2.05) is 19.1 Å². The minimum atomic E-state index is -0.451. The highest BCUT2D eigenvalue weighted by molar-refractivity contribution is 5.55. The number of hydrogen-bond acceptors (Lipinski definition) is 8. The van der Waals surface area contributed by atoms with Crippen LogP contribution in [0.25, 0.3) is 0 Å². The molecule has 3 atom stereocenters. The topological polar surface area (TPSA) is 117 Å². The van der Waals surface area contributed by atoms with Crippen molar-refractivity contribution in [1.82, 2.24) is 20.2 Å². The Morgan fingerprint density at radius 1 is 1.16 bits per heavy atom. The number of nitrogens with zero attached hydrogens (tertiary/aromatic N) is 3. The minimum Gasteiger partial charge on any atom is -0.472 e. The smallest absolute Gasteiger partial charge is 0.228 e. The molecule has 0 aromatic carbocycles. The van der Waals surface area contributed by atoms with Crippen LogP contribution in [-0.4, -0.2) is 56.2 Å². The molecule has 5 aliphatic rings. The predicted octanol–water partition coefficient (Wildman–Crippen LogP) is 2.77. The van der Waals surface area contributed by atoms with Gasteiger partial charge in [-0.15, -0.1) is 0 Å². The van der Waals surface area contributed by atoms with Crippen molar-refractivity contribution in [2.45, 2.75) is 63.2 Å². The van der Waals surface area contributed by atoms with Crippen molar-refractivity contribution >= 4 is 17.6 Å². The summed E-state index contributed by atoms with van der Waals surface area (Å²) >= 11 is 0. The third-order valence-electron chi connectivity index (χ3n) is 7.38. The van der Waals surface area contributed by atoms with E-state index >= 15 is 0 Å². The van der Waals surface area contributed by atoms with E-state index in [0.717, 1.165) is 31.4 Å². The molecule has 0 amide bonds. The van der Waals surface area contributed by atoms with Crippen molar-refractivity contribution in [1.29, 1.82) is 0 Å². The fraction of sp³-hybridized carbons (Fsp3) is 0.682. The van der Waals surface area contributed by atoms with Crippen molar-refractivity contribution in [3.8, 4) is 5.88 Å². The number of nitrogens with one attached hydrogen (secondary N) is 3. The van der Waals surface area contributed by atoms with Gasteiger partial charge in [0.1, 0.15) is 11.9 Å². The quantitative estimate of drug-likeness (QED) is 0.557. The van der Waals surface area contributed by atoms with Crippen LogP contribution in [0.3, 0.4) is 0 Å². The zero-order chi connectivity index (χ0) is 21.0. The van der Waals surface area contributed by atoms with Crippen LogP contribution in [0.2, 0.25) is 0 Å². The summed E-state index contributed by atoms with van der Waals surface area (Å²) in [7, 11) is 0.